The summed E-state index contributed by atoms with van der Waals surface area (Å²) in [6, 6.07) is 0. The lowest BCUT2D eigenvalue weighted by atomic mass is 10.1. The van der Waals surface area contributed by atoms with Gasteiger partial charge in [-0.15, -0.1) is 0 Å². The summed E-state index contributed by atoms with van der Waals surface area (Å²) in [5, 5.41) is 1.48. The van der Waals surface area contributed by atoms with E-state index in [4.69, 9.17) is 11.5 Å². The van der Waals surface area contributed by atoms with E-state index in [2.05, 4.69) is 25.3 Å². The molecule has 0 saturated heterocycles. The third-order valence-corrected chi connectivity index (χ3v) is 2.43. The number of primary amides is 1. The fourth-order valence-electron chi connectivity index (χ4n) is 0.739. The first-order chi connectivity index (χ1) is 7.19. The summed E-state index contributed by atoms with van der Waals surface area (Å²) < 4.78 is 26.9. The molecule has 9 heteroatoms. The van der Waals surface area contributed by atoms with E-state index < -0.39 is 35.6 Å². The van der Waals surface area contributed by atoms with Crippen molar-refractivity contribution < 1.29 is 18.4 Å². The average molecular weight is 273 g/mol. The van der Waals surface area contributed by atoms with Crippen molar-refractivity contribution in [3.8, 4) is 0 Å². The lowest BCUT2D eigenvalue weighted by Crippen LogP contribution is -2.62. The summed E-state index contributed by atoms with van der Waals surface area (Å²) in [6.07, 6.45) is -0.427. The Balaban J connectivity index is 4.72. The van der Waals surface area contributed by atoms with E-state index in [1.54, 1.807) is 0 Å². The van der Waals surface area contributed by atoms with Crippen LogP contribution in [0.15, 0.2) is 0 Å². The molecule has 16 heavy (non-hydrogen) atoms. The zero-order valence-electron chi connectivity index (χ0n) is 8.24. The highest BCUT2D eigenvalue weighted by atomic mass is 32.1. The molecule has 0 aromatic rings. The van der Waals surface area contributed by atoms with Crippen LogP contribution in [0.5, 0.6) is 0 Å². The fraction of sp³-hybridized carbons (Fsp3) is 0.714. The van der Waals surface area contributed by atoms with Gasteiger partial charge in [0.2, 0.25) is 5.79 Å². The SMILES string of the molecule is NC(=O)C(F)(CS)NC(=O)C(N)(F)CCS. The van der Waals surface area contributed by atoms with Crippen LogP contribution in [0, 0.1) is 0 Å². The number of rotatable bonds is 6. The first-order valence-corrected chi connectivity index (χ1v) is 5.47. The third kappa shape index (κ3) is 3.80. The van der Waals surface area contributed by atoms with Crippen molar-refractivity contribution >= 4 is 37.1 Å². The Morgan fingerprint density at radius 3 is 2.12 bits per heavy atom. The standard InChI is InChI=1S/C7H13F2N3O2S2/c8-6(11,1-2-15)5(14)12-7(9,3-16)4(10)13/h15-16H,1-3,11H2,(H2,10,13)(H,12,14). The number of amides is 2. The van der Waals surface area contributed by atoms with Crippen molar-refractivity contribution in [1.82, 2.24) is 5.32 Å². The topological polar surface area (TPSA) is 98.2 Å². The number of alkyl halides is 2. The van der Waals surface area contributed by atoms with Gasteiger partial charge < -0.3 is 11.1 Å². The Kier molecular flexibility index (Phi) is 5.50. The second-order valence-corrected chi connectivity index (χ2v) is 3.88. The molecule has 0 heterocycles. The molecule has 0 saturated carbocycles. The summed E-state index contributed by atoms with van der Waals surface area (Å²) in [6.45, 7) is 0. The molecule has 2 amide bonds. The van der Waals surface area contributed by atoms with E-state index in [1.807, 2.05) is 0 Å². The molecule has 0 aliphatic rings. The van der Waals surface area contributed by atoms with Crippen molar-refractivity contribution in [2.45, 2.75) is 18.0 Å². The predicted octanol–water partition coefficient (Wildman–Crippen LogP) is -0.872. The molecule has 0 aromatic heterocycles. The maximum Gasteiger partial charge on any atom is 0.276 e. The monoisotopic (exact) mass is 273 g/mol. The zero-order chi connectivity index (χ0) is 13.0. The minimum Gasteiger partial charge on any atom is -0.365 e. The number of thiol groups is 2. The Labute approximate surface area is 102 Å². The molecular formula is C7H13F2N3O2S2. The minimum absolute atomic E-state index is 0.0167. The van der Waals surface area contributed by atoms with Crippen molar-refractivity contribution in [3.05, 3.63) is 0 Å². The molecule has 2 unspecified atom stereocenters. The first-order valence-electron chi connectivity index (χ1n) is 4.20. The molecule has 5 N–H and O–H groups in total. The lowest BCUT2D eigenvalue weighted by Gasteiger charge is -2.25. The summed E-state index contributed by atoms with van der Waals surface area (Å²) >= 11 is 7.18. The molecule has 0 spiro atoms. The number of carbonyl (C=O) groups is 2. The summed E-state index contributed by atoms with van der Waals surface area (Å²) in [5.41, 5.74) is 9.65. The maximum absolute atomic E-state index is 13.5. The van der Waals surface area contributed by atoms with Gasteiger partial charge in [-0.25, -0.2) is 8.78 Å². The molecule has 0 bridgehead atoms. The van der Waals surface area contributed by atoms with E-state index >= 15 is 0 Å². The molecule has 0 aliphatic carbocycles. The van der Waals surface area contributed by atoms with Gasteiger partial charge in [-0.1, -0.05) is 0 Å². The number of carbonyl (C=O) groups excluding carboxylic acids is 2. The highest BCUT2D eigenvalue weighted by Gasteiger charge is 2.43. The molecule has 0 radical (unpaired) electrons. The van der Waals surface area contributed by atoms with Crippen LogP contribution in [-0.2, 0) is 9.59 Å². The smallest absolute Gasteiger partial charge is 0.276 e. The Morgan fingerprint density at radius 1 is 1.31 bits per heavy atom. The molecule has 0 rings (SSSR count). The van der Waals surface area contributed by atoms with Crippen LogP contribution in [0.1, 0.15) is 6.42 Å². The van der Waals surface area contributed by atoms with Gasteiger partial charge in [-0.3, -0.25) is 15.3 Å². The van der Waals surface area contributed by atoms with E-state index in [-0.39, 0.29) is 5.75 Å². The van der Waals surface area contributed by atoms with Gasteiger partial charge in [0.1, 0.15) is 0 Å². The van der Waals surface area contributed by atoms with Crippen molar-refractivity contribution in [2.24, 2.45) is 11.5 Å². The van der Waals surface area contributed by atoms with Gasteiger partial charge in [0.05, 0.1) is 5.75 Å². The number of nitrogens with one attached hydrogen (secondary N) is 1. The molecule has 5 nitrogen and oxygen atoms in total. The van der Waals surface area contributed by atoms with Crippen LogP contribution in [0.3, 0.4) is 0 Å². The van der Waals surface area contributed by atoms with Crippen molar-refractivity contribution in [3.63, 3.8) is 0 Å². The van der Waals surface area contributed by atoms with Crippen molar-refractivity contribution in [1.29, 1.82) is 0 Å². The molecule has 0 aliphatic heterocycles. The van der Waals surface area contributed by atoms with Gasteiger partial charge in [-0.2, -0.15) is 25.3 Å². The van der Waals surface area contributed by atoms with Gasteiger partial charge in [0.25, 0.3) is 17.6 Å². The fourth-order valence-corrected chi connectivity index (χ4v) is 1.30. The molecule has 0 fully saturated rings. The maximum atomic E-state index is 13.5. The van der Waals surface area contributed by atoms with E-state index in [0.717, 1.165) is 0 Å². The first kappa shape index (κ1) is 15.5. The van der Waals surface area contributed by atoms with E-state index in [1.165, 1.54) is 5.32 Å². The predicted molar refractivity (Wildman–Crippen MR) is 61.5 cm³/mol. The normalized spacial score (nSPS) is 18.3. The average Bonchev–Trinajstić information content (AvgIpc) is 2.17. The van der Waals surface area contributed by atoms with Gasteiger partial charge in [0.15, 0.2) is 0 Å². The highest BCUT2D eigenvalue weighted by molar-refractivity contribution is 7.80. The Hall–Kier alpha value is -0.540. The van der Waals surface area contributed by atoms with Crippen LogP contribution in [-0.4, -0.2) is 34.9 Å². The Bertz CT molecular complexity index is 291. The van der Waals surface area contributed by atoms with Crippen molar-refractivity contribution in [2.75, 3.05) is 11.5 Å². The zero-order valence-corrected chi connectivity index (χ0v) is 10.0. The summed E-state index contributed by atoms with van der Waals surface area (Å²) in [4.78, 5) is 21.9. The Morgan fingerprint density at radius 2 is 1.81 bits per heavy atom. The minimum atomic E-state index is -2.92. The quantitative estimate of drug-likeness (QED) is 0.321. The lowest BCUT2D eigenvalue weighted by molar-refractivity contribution is -0.143. The summed E-state index contributed by atoms with van der Waals surface area (Å²) in [7, 11) is 0. The molecule has 94 valence electrons. The summed E-state index contributed by atoms with van der Waals surface area (Å²) in [5.74, 6) is -9.41. The number of nitrogens with two attached hydrogens (primary N) is 2. The van der Waals surface area contributed by atoms with Crippen LogP contribution in [0.25, 0.3) is 0 Å². The second kappa shape index (κ2) is 5.69. The van der Waals surface area contributed by atoms with Crippen LogP contribution in [0.2, 0.25) is 0 Å². The molecule has 0 aromatic carbocycles. The number of halogens is 2. The number of hydrogen-bond donors (Lipinski definition) is 5. The highest BCUT2D eigenvalue weighted by Crippen LogP contribution is 2.14. The van der Waals surface area contributed by atoms with E-state index in [0.29, 0.717) is 0 Å². The van der Waals surface area contributed by atoms with E-state index in [9.17, 15) is 18.4 Å². The van der Waals surface area contributed by atoms with Gasteiger partial charge in [-0.05, 0) is 5.75 Å². The van der Waals surface area contributed by atoms with Crippen LogP contribution < -0.4 is 16.8 Å². The van der Waals surface area contributed by atoms with Gasteiger partial charge in [0, 0.05) is 6.42 Å². The van der Waals surface area contributed by atoms with Crippen LogP contribution >= 0.6 is 25.3 Å². The van der Waals surface area contributed by atoms with Gasteiger partial charge >= 0.3 is 0 Å². The molecular weight excluding hydrogens is 260 g/mol. The number of hydrogen-bond acceptors (Lipinski definition) is 5. The second-order valence-electron chi connectivity index (χ2n) is 3.11. The largest absolute Gasteiger partial charge is 0.365 e. The molecule has 2 atom stereocenters. The van der Waals surface area contributed by atoms with Crippen LogP contribution in [0.4, 0.5) is 8.78 Å². The third-order valence-electron chi connectivity index (χ3n) is 1.77.